The molecule has 0 heterocycles. The summed E-state index contributed by atoms with van der Waals surface area (Å²) in [4.78, 5) is 12.1. The highest BCUT2D eigenvalue weighted by Gasteiger charge is 2.20. The predicted octanol–water partition coefficient (Wildman–Crippen LogP) is 3.10. The highest BCUT2D eigenvalue weighted by atomic mass is 79.9. The second-order valence-corrected chi connectivity index (χ2v) is 5.07. The Bertz CT molecular complexity index is 457. The Hall–Kier alpha value is -1.21. The van der Waals surface area contributed by atoms with Crippen LogP contribution in [0.3, 0.4) is 0 Å². The van der Waals surface area contributed by atoms with E-state index in [0.717, 1.165) is 18.9 Å². The summed E-state index contributed by atoms with van der Waals surface area (Å²) in [5.74, 6) is -0.649. The average molecular weight is 335 g/mol. The van der Waals surface area contributed by atoms with E-state index in [1.165, 1.54) is 6.07 Å². The van der Waals surface area contributed by atoms with E-state index in [0.29, 0.717) is 18.7 Å². The molecule has 1 N–H and O–H groups in total. The molecule has 1 rings (SSSR count). The molecule has 19 heavy (non-hydrogen) atoms. The van der Waals surface area contributed by atoms with Crippen LogP contribution in [0.15, 0.2) is 16.6 Å². The van der Waals surface area contributed by atoms with Gasteiger partial charge in [0, 0.05) is 20.2 Å². The highest BCUT2D eigenvalue weighted by Crippen LogP contribution is 2.32. The zero-order valence-corrected chi connectivity index (χ0v) is 12.2. The molecule has 1 aromatic rings. The molecule has 0 saturated carbocycles. The molecule has 5 nitrogen and oxygen atoms in total. The van der Waals surface area contributed by atoms with Gasteiger partial charge in [0.05, 0.1) is 15.5 Å². The number of halogens is 2. The zero-order chi connectivity index (χ0) is 14.4. The van der Waals surface area contributed by atoms with Crippen LogP contribution in [0.2, 0.25) is 0 Å². The summed E-state index contributed by atoms with van der Waals surface area (Å²) in [5.41, 5.74) is 0.132. The Morgan fingerprint density at radius 2 is 2.11 bits per heavy atom. The Morgan fingerprint density at radius 1 is 1.42 bits per heavy atom. The molecule has 7 heteroatoms. The summed E-state index contributed by atoms with van der Waals surface area (Å²) in [6.07, 6.45) is 2.36. The second kappa shape index (κ2) is 7.40. The molecule has 0 aliphatic rings. The normalized spacial score (nSPS) is 10.5. The van der Waals surface area contributed by atoms with Gasteiger partial charge >= 0.3 is 0 Å². The molecule has 0 radical (unpaired) electrons. The molecule has 0 amide bonds. The number of rotatable bonds is 7. The Labute approximate surface area is 119 Å². The smallest absolute Gasteiger partial charge is 0.295 e. The predicted molar refractivity (Wildman–Crippen MR) is 75.0 cm³/mol. The van der Waals surface area contributed by atoms with Crippen LogP contribution in [0.1, 0.15) is 19.3 Å². The number of benzene rings is 1. The quantitative estimate of drug-likeness (QED) is 0.472. The van der Waals surface area contributed by atoms with Gasteiger partial charge in [-0.25, -0.2) is 4.39 Å². The molecule has 0 fully saturated rings. The molecule has 0 bridgehead atoms. The highest BCUT2D eigenvalue weighted by molar-refractivity contribution is 9.10. The summed E-state index contributed by atoms with van der Waals surface area (Å²) in [6.45, 7) is 0.755. The van der Waals surface area contributed by atoms with Gasteiger partial charge in [-0.1, -0.05) is 0 Å². The first-order chi connectivity index (χ1) is 8.97. The van der Waals surface area contributed by atoms with Crippen molar-refractivity contribution in [3.63, 3.8) is 0 Å². The van der Waals surface area contributed by atoms with Gasteiger partial charge < -0.3 is 10.0 Å². The van der Waals surface area contributed by atoms with Gasteiger partial charge in [0.25, 0.3) is 5.69 Å². The van der Waals surface area contributed by atoms with Crippen LogP contribution in [0.4, 0.5) is 15.8 Å². The lowest BCUT2D eigenvalue weighted by molar-refractivity contribution is -0.384. The van der Waals surface area contributed by atoms with Crippen molar-refractivity contribution in [3.8, 4) is 0 Å². The van der Waals surface area contributed by atoms with Gasteiger partial charge in [-0.2, -0.15) is 0 Å². The summed E-state index contributed by atoms with van der Waals surface area (Å²) < 4.78 is 13.5. The van der Waals surface area contributed by atoms with Crippen LogP contribution in [0.25, 0.3) is 0 Å². The molecule has 0 unspecified atom stereocenters. The van der Waals surface area contributed by atoms with Crippen LogP contribution >= 0.6 is 15.9 Å². The van der Waals surface area contributed by atoms with Crippen molar-refractivity contribution in [1.29, 1.82) is 0 Å². The Kier molecular flexibility index (Phi) is 6.17. The van der Waals surface area contributed by atoms with Crippen molar-refractivity contribution in [2.75, 3.05) is 25.1 Å². The Morgan fingerprint density at radius 3 is 2.68 bits per heavy atom. The lowest BCUT2D eigenvalue weighted by atomic mass is 10.2. The molecule has 0 atom stereocenters. The molecule has 0 spiro atoms. The number of hydrogen-bond acceptors (Lipinski definition) is 4. The van der Waals surface area contributed by atoms with Gasteiger partial charge in [-0.05, 0) is 41.3 Å². The maximum atomic E-state index is 13.3. The number of nitrogens with zero attached hydrogens (tertiary/aromatic N) is 2. The lowest BCUT2D eigenvalue weighted by Gasteiger charge is -2.19. The third-order valence-electron chi connectivity index (χ3n) is 2.78. The number of nitro benzene ring substituents is 1. The number of anilines is 1. The maximum absolute atomic E-state index is 13.3. The molecule has 0 aromatic heterocycles. The summed E-state index contributed by atoms with van der Waals surface area (Å²) in [6, 6.07) is 2.34. The van der Waals surface area contributed by atoms with Crippen molar-refractivity contribution in [3.05, 3.63) is 32.5 Å². The van der Waals surface area contributed by atoms with Crippen molar-refractivity contribution >= 4 is 27.3 Å². The van der Waals surface area contributed by atoms with Gasteiger partial charge in [0.2, 0.25) is 0 Å². The molecular weight excluding hydrogens is 319 g/mol. The van der Waals surface area contributed by atoms with Crippen molar-refractivity contribution in [2.24, 2.45) is 0 Å². The Balaban J connectivity index is 2.85. The zero-order valence-electron chi connectivity index (χ0n) is 10.6. The maximum Gasteiger partial charge on any atom is 0.295 e. The third kappa shape index (κ3) is 4.43. The molecule has 0 aliphatic heterocycles. The molecule has 106 valence electrons. The minimum atomic E-state index is -0.649. The van der Waals surface area contributed by atoms with Gasteiger partial charge in [-0.15, -0.1) is 0 Å². The van der Waals surface area contributed by atoms with Crippen LogP contribution in [0.5, 0.6) is 0 Å². The molecule has 0 aliphatic carbocycles. The number of hydrogen-bond donors (Lipinski definition) is 1. The SMILES string of the molecule is CN(CCCCCO)c1cc(Br)c(F)cc1[N+](=O)[O-]. The fourth-order valence-electron chi connectivity index (χ4n) is 1.74. The van der Waals surface area contributed by atoms with Crippen LogP contribution in [0, 0.1) is 15.9 Å². The lowest BCUT2D eigenvalue weighted by Crippen LogP contribution is -2.20. The molecular formula is C12H16BrFN2O3. The van der Waals surface area contributed by atoms with E-state index in [-0.39, 0.29) is 16.8 Å². The standard InChI is InChI=1S/C12H16BrFN2O3/c1-15(5-3-2-4-6-17)11-7-9(13)10(14)8-12(11)16(18)19/h7-8,17H,2-6H2,1H3. The number of nitro groups is 1. The van der Waals surface area contributed by atoms with Crippen LogP contribution < -0.4 is 4.90 Å². The topological polar surface area (TPSA) is 66.6 Å². The fraction of sp³-hybridized carbons (Fsp3) is 0.500. The van der Waals surface area contributed by atoms with Crippen molar-refractivity contribution in [2.45, 2.75) is 19.3 Å². The van der Waals surface area contributed by atoms with E-state index >= 15 is 0 Å². The van der Waals surface area contributed by atoms with Gasteiger partial charge in [0.15, 0.2) is 0 Å². The van der Waals surface area contributed by atoms with Crippen molar-refractivity contribution in [1.82, 2.24) is 0 Å². The summed E-state index contributed by atoms with van der Waals surface area (Å²) in [7, 11) is 1.73. The number of aliphatic hydroxyl groups is 1. The van der Waals surface area contributed by atoms with E-state index in [1.807, 2.05) is 0 Å². The minimum absolute atomic E-state index is 0.145. The van der Waals surface area contributed by atoms with E-state index < -0.39 is 10.7 Å². The minimum Gasteiger partial charge on any atom is -0.396 e. The molecule has 1 aromatic carbocycles. The molecule has 0 saturated heterocycles. The van der Waals surface area contributed by atoms with Crippen LogP contribution in [-0.4, -0.2) is 30.2 Å². The fourth-order valence-corrected chi connectivity index (χ4v) is 2.07. The van der Waals surface area contributed by atoms with Gasteiger partial charge in [-0.3, -0.25) is 10.1 Å². The summed E-state index contributed by atoms with van der Waals surface area (Å²) >= 11 is 3.03. The first-order valence-electron chi connectivity index (χ1n) is 5.92. The second-order valence-electron chi connectivity index (χ2n) is 4.22. The van der Waals surface area contributed by atoms with E-state index in [9.17, 15) is 14.5 Å². The number of aliphatic hydroxyl groups excluding tert-OH is 1. The monoisotopic (exact) mass is 334 g/mol. The van der Waals surface area contributed by atoms with E-state index in [1.54, 1.807) is 11.9 Å². The summed E-state index contributed by atoms with van der Waals surface area (Å²) in [5, 5.41) is 19.6. The third-order valence-corrected chi connectivity index (χ3v) is 3.38. The van der Waals surface area contributed by atoms with E-state index in [4.69, 9.17) is 5.11 Å². The first-order valence-corrected chi connectivity index (χ1v) is 6.72. The first kappa shape index (κ1) is 15.8. The van der Waals surface area contributed by atoms with Crippen molar-refractivity contribution < 1.29 is 14.4 Å². The van der Waals surface area contributed by atoms with E-state index in [2.05, 4.69) is 15.9 Å². The largest absolute Gasteiger partial charge is 0.396 e. The van der Waals surface area contributed by atoms with Gasteiger partial charge in [0.1, 0.15) is 11.5 Å². The average Bonchev–Trinajstić information content (AvgIpc) is 2.36. The van der Waals surface area contributed by atoms with Crippen LogP contribution in [-0.2, 0) is 0 Å². The number of unbranched alkanes of at least 4 members (excludes halogenated alkanes) is 2.